The normalized spacial score (nSPS) is 10.8. The minimum atomic E-state index is -0.00283. The number of methoxy groups -OCH3 is 1. The van der Waals surface area contributed by atoms with Gasteiger partial charge in [-0.05, 0) is 37.5 Å². The molecule has 4 heteroatoms. The van der Waals surface area contributed by atoms with E-state index in [9.17, 15) is 4.79 Å². The van der Waals surface area contributed by atoms with Crippen molar-refractivity contribution in [3.05, 3.63) is 36.0 Å². The summed E-state index contributed by atoms with van der Waals surface area (Å²) in [5, 5.41) is 3.94. The van der Waals surface area contributed by atoms with Gasteiger partial charge < -0.3 is 15.0 Å². The van der Waals surface area contributed by atoms with Gasteiger partial charge in [0.25, 0.3) is 5.91 Å². The average Bonchev–Trinajstić information content (AvgIpc) is 2.90. The Labute approximate surface area is 113 Å². The molecule has 0 aliphatic heterocycles. The van der Waals surface area contributed by atoms with E-state index in [1.165, 1.54) is 0 Å². The van der Waals surface area contributed by atoms with Crippen LogP contribution in [0.5, 0.6) is 0 Å². The van der Waals surface area contributed by atoms with Crippen molar-refractivity contribution in [2.75, 3.05) is 20.3 Å². The molecule has 1 heterocycles. The van der Waals surface area contributed by atoms with Crippen LogP contribution in [0.15, 0.2) is 30.5 Å². The van der Waals surface area contributed by atoms with Crippen LogP contribution >= 0.6 is 0 Å². The first-order valence-corrected chi connectivity index (χ1v) is 6.66. The first-order chi connectivity index (χ1) is 9.33. The van der Waals surface area contributed by atoms with Crippen molar-refractivity contribution >= 4 is 16.8 Å². The van der Waals surface area contributed by atoms with Gasteiger partial charge in [-0.3, -0.25) is 4.79 Å². The van der Waals surface area contributed by atoms with Crippen LogP contribution in [0.25, 0.3) is 10.9 Å². The fourth-order valence-electron chi connectivity index (χ4n) is 2.13. The van der Waals surface area contributed by atoms with Gasteiger partial charge in [0.2, 0.25) is 0 Å². The lowest BCUT2D eigenvalue weighted by molar-refractivity contribution is 0.0954. The molecule has 0 bridgehead atoms. The molecule has 0 spiro atoms. The molecule has 0 saturated carbocycles. The van der Waals surface area contributed by atoms with Gasteiger partial charge in [-0.2, -0.15) is 0 Å². The number of carbonyl (C=O) groups excluding carboxylic acids is 1. The summed E-state index contributed by atoms with van der Waals surface area (Å²) in [6, 6.07) is 7.66. The number of ether oxygens (including phenoxy) is 1. The van der Waals surface area contributed by atoms with Crippen LogP contribution in [-0.4, -0.2) is 31.2 Å². The van der Waals surface area contributed by atoms with Gasteiger partial charge in [0.1, 0.15) is 0 Å². The molecule has 2 aromatic rings. The van der Waals surface area contributed by atoms with Crippen LogP contribution in [0.3, 0.4) is 0 Å². The average molecular weight is 260 g/mol. The number of aromatic amines is 1. The maximum atomic E-state index is 12.1. The van der Waals surface area contributed by atoms with E-state index < -0.39 is 0 Å². The standard InChI is InChI=1S/C15H20N2O2/c1-19-11-4-2-3-9-17-15(18)13-6-5-7-14-12(13)8-10-16-14/h5-8,10,16H,2-4,9,11H2,1H3,(H,17,18). The Morgan fingerprint density at radius 1 is 1.26 bits per heavy atom. The molecule has 102 valence electrons. The van der Waals surface area contributed by atoms with Crippen LogP contribution in [0.4, 0.5) is 0 Å². The molecule has 0 radical (unpaired) electrons. The third kappa shape index (κ3) is 3.58. The molecular weight excluding hydrogens is 240 g/mol. The Balaban J connectivity index is 1.85. The number of carbonyl (C=O) groups is 1. The lowest BCUT2D eigenvalue weighted by Crippen LogP contribution is -2.24. The first-order valence-electron chi connectivity index (χ1n) is 6.66. The highest BCUT2D eigenvalue weighted by Crippen LogP contribution is 2.17. The van der Waals surface area contributed by atoms with Gasteiger partial charge in [0.05, 0.1) is 0 Å². The third-order valence-corrected chi connectivity index (χ3v) is 3.15. The van der Waals surface area contributed by atoms with Crippen LogP contribution < -0.4 is 5.32 Å². The summed E-state index contributed by atoms with van der Waals surface area (Å²) in [7, 11) is 1.71. The SMILES string of the molecule is COCCCCCNC(=O)c1cccc2[nH]ccc12. The van der Waals surface area contributed by atoms with Crippen molar-refractivity contribution < 1.29 is 9.53 Å². The number of aromatic nitrogens is 1. The summed E-state index contributed by atoms with van der Waals surface area (Å²) in [5.74, 6) is -0.00283. The summed E-state index contributed by atoms with van der Waals surface area (Å²) in [4.78, 5) is 15.2. The second kappa shape index (κ2) is 6.95. The van der Waals surface area contributed by atoms with Crippen LogP contribution in [0.1, 0.15) is 29.6 Å². The molecule has 4 nitrogen and oxygen atoms in total. The minimum absolute atomic E-state index is 0.00283. The van der Waals surface area contributed by atoms with E-state index in [0.717, 1.165) is 42.3 Å². The topological polar surface area (TPSA) is 54.1 Å². The maximum Gasteiger partial charge on any atom is 0.251 e. The lowest BCUT2D eigenvalue weighted by Gasteiger charge is -2.06. The molecule has 1 aromatic heterocycles. The quantitative estimate of drug-likeness (QED) is 0.752. The second-order valence-corrected chi connectivity index (χ2v) is 4.55. The third-order valence-electron chi connectivity index (χ3n) is 3.15. The van der Waals surface area contributed by atoms with Crippen molar-refractivity contribution in [3.8, 4) is 0 Å². The summed E-state index contributed by atoms with van der Waals surface area (Å²) < 4.78 is 4.99. The number of hydrogen-bond donors (Lipinski definition) is 2. The highest BCUT2D eigenvalue weighted by atomic mass is 16.5. The van der Waals surface area contributed by atoms with E-state index >= 15 is 0 Å². The summed E-state index contributed by atoms with van der Waals surface area (Å²) in [5.41, 5.74) is 1.73. The molecule has 2 rings (SSSR count). The van der Waals surface area contributed by atoms with Crippen LogP contribution in [0, 0.1) is 0 Å². The molecule has 0 aliphatic rings. The highest BCUT2D eigenvalue weighted by Gasteiger charge is 2.09. The zero-order valence-corrected chi connectivity index (χ0v) is 11.2. The van der Waals surface area contributed by atoms with Crippen molar-refractivity contribution in [1.82, 2.24) is 10.3 Å². The van der Waals surface area contributed by atoms with Crippen LogP contribution in [-0.2, 0) is 4.74 Å². The lowest BCUT2D eigenvalue weighted by atomic mass is 10.1. The van der Waals surface area contributed by atoms with E-state index in [2.05, 4.69) is 10.3 Å². The smallest absolute Gasteiger partial charge is 0.251 e. The van der Waals surface area contributed by atoms with Crippen molar-refractivity contribution in [2.24, 2.45) is 0 Å². The van der Waals surface area contributed by atoms with E-state index in [4.69, 9.17) is 4.74 Å². The number of amides is 1. The monoisotopic (exact) mass is 260 g/mol. The first kappa shape index (κ1) is 13.6. The van der Waals surface area contributed by atoms with Gasteiger partial charge in [-0.25, -0.2) is 0 Å². The van der Waals surface area contributed by atoms with E-state index in [1.54, 1.807) is 7.11 Å². The number of unbranched alkanes of at least 4 members (excludes halogenated alkanes) is 2. The van der Waals surface area contributed by atoms with Gasteiger partial charge in [-0.1, -0.05) is 6.07 Å². The maximum absolute atomic E-state index is 12.1. The van der Waals surface area contributed by atoms with E-state index in [-0.39, 0.29) is 5.91 Å². The molecule has 0 saturated heterocycles. The molecule has 1 amide bonds. The predicted octanol–water partition coefficient (Wildman–Crippen LogP) is 2.71. The minimum Gasteiger partial charge on any atom is -0.385 e. The number of benzene rings is 1. The Morgan fingerprint density at radius 3 is 3.00 bits per heavy atom. The number of nitrogens with one attached hydrogen (secondary N) is 2. The van der Waals surface area contributed by atoms with Gasteiger partial charge in [0.15, 0.2) is 0 Å². The number of fused-ring (bicyclic) bond motifs is 1. The summed E-state index contributed by atoms with van der Waals surface area (Å²) in [6.07, 6.45) is 4.95. The van der Waals surface area contributed by atoms with Crippen LogP contribution in [0.2, 0.25) is 0 Å². The number of hydrogen-bond acceptors (Lipinski definition) is 2. The van der Waals surface area contributed by atoms with Crippen molar-refractivity contribution in [2.45, 2.75) is 19.3 Å². The zero-order valence-electron chi connectivity index (χ0n) is 11.2. The molecule has 0 aliphatic carbocycles. The Hall–Kier alpha value is -1.81. The number of H-pyrrole nitrogens is 1. The Bertz CT molecular complexity index is 534. The van der Waals surface area contributed by atoms with Gasteiger partial charge in [-0.15, -0.1) is 0 Å². The predicted molar refractivity (Wildman–Crippen MR) is 76.4 cm³/mol. The molecule has 0 fully saturated rings. The van der Waals surface area contributed by atoms with Gasteiger partial charge >= 0.3 is 0 Å². The zero-order chi connectivity index (χ0) is 13.5. The van der Waals surface area contributed by atoms with E-state index in [1.807, 2.05) is 30.5 Å². The molecular formula is C15H20N2O2. The molecule has 0 unspecified atom stereocenters. The van der Waals surface area contributed by atoms with Gasteiger partial charge in [0, 0.05) is 42.9 Å². The van der Waals surface area contributed by atoms with Crippen molar-refractivity contribution in [3.63, 3.8) is 0 Å². The summed E-state index contributed by atoms with van der Waals surface area (Å²) in [6.45, 7) is 1.50. The number of rotatable bonds is 7. The largest absolute Gasteiger partial charge is 0.385 e. The Kier molecular flexibility index (Phi) is 4.98. The van der Waals surface area contributed by atoms with E-state index in [0.29, 0.717) is 6.54 Å². The highest BCUT2D eigenvalue weighted by molar-refractivity contribution is 6.06. The Morgan fingerprint density at radius 2 is 2.16 bits per heavy atom. The fourth-order valence-corrected chi connectivity index (χ4v) is 2.13. The second-order valence-electron chi connectivity index (χ2n) is 4.55. The molecule has 1 aromatic carbocycles. The molecule has 2 N–H and O–H groups in total. The summed E-state index contributed by atoms with van der Waals surface area (Å²) >= 11 is 0. The molecule has 0 atom stereocenters. The van der Waals surface area contributed by atoms with Crippen molar-refractivity contribution in [1.29, 1.82) is 0 Å². The fraction of sp³-hybridized carbons (Fsp3) is 0.400. The molecule has 19 heavy (non-hydrogen) atoms.